The van der Waals surface area contributed by atoms with Gasteiger partial charge in [-0.15, -0.1) is 11.3 Å². The smallest absolute Gasteiger partial charge is 0.226 e. The number of hydrogen-bond donors (Lipinski definition) is 1. The van der Waals surface area contributed by atoms with Gasteiger partial charge < -0.3 is 15.0 Å². The first kappa shape index (κ1) is 20.3. The molecule has 0 unspecified atom stereocenters. The van der Waals surface area contributed by atoms with Crippen molar-refractivity contribution in [1.82, 2.24) is 4.90 Å². The summed E-state index contributed by atoms with van der Waals surface area (Å²) >= 11 is 1.82. The average molecular weight is 389 g/mol. The van der Waals surface area contributed by atoms with Gasteiger partial charge in [-0.05, 0) is 86.6 Å². The van der Waals surface area contributed by atoms with Crippen molar-refractivity contribution in [2.24, 2.45) is 0 Å². The predicted molar refractivity (Wildman–Crippen MR) is 115 cm³/mol. The minimum Gasteiger partial charge on any atom is -0.381 e. The number of ether oxygens (including phenoxy) is 1. The van der Waals surface area contributed by atoms with Gasteiger partial charge in [0.2, 0.25) is 5.91 Å². The summed E-state index contributed by atoms with van der Waals surface area (Å²) in [5.74, 6) is 0.648. The molecule has 1 aromatic carbocycles. The minimum absolute atomic E-state index is 0.0208. The standard InChI is InChI=1S/C22H32N2O2S/c1-4-12-26-13-9-22(25)23-18-5-6-21-19(14-18)20(15-27-21)17-7-10-24(11-8-17)16(2)3/h5-6,14-17H,4,7-13H2,1-3H3,(H,23,25). The van der Waals surface area contributed by atoms with Crippen LogP contribution in [0, 0.1) is 0 Å². The average Bonchev–Trinajstić information content (AvgIpc) is 3.08. The Bertz CT molecular complexity index is 748. The number of anilines is 1. The highest BCUT2D eigenvalue weighted by Gasteiger charge is 2.24. The van der Waals surface area contributed by atoms with Crippen molar-refractivity contribution in [3.8, 4) is 0 Å². The van der Waals surface area contributed by atoms with E-state index in [1.165, 1.54) is 41.6 Å². The number of nitrogens with one attached hydrogen (secondary N) is 1. The van der Waals surface area contributed by atoms with E-state index < -0.39 is 0 Å². The maximum Gasteiger partial charge on any atom is 0.226 e. The highest BCUT2D eigenvalue weighted by molar-refractivity contribution is 7.17. The molecule has 3 rings (SSSR count). The number of carbonyl (C=O) groups excluding carboxylic acids is 1. The molecule has 0 bridgehead atoms. The molecule has 1 aliphatic heterocycles. The molecule has 4 nitrogen and oxygen atoms in total. The fourth-order valence-electron chi connectivity index (χ4n) is 3.80. The van der Waals surface area contributed by atoms with Crippen molar-refractivity contribution in [1.29, 1.82) is 0 Å². The zero-order valence-corrected chi connectivity index (χ0v) is 17.6. The monoisotopic (exact) mass is 388 g/mol. The molecule has 0 saturated carbocycles. The van der Waals surface area contributed by atoms with Gasteiger partial charge in [0.05, 0.1) is 13.0 Å². The Morgan fingerprint density at radius 3 is 2.78 bits per heavy atom. The second kappa shape index (κ2) is 9.67. The number of benzene rings is 1. The van der Waals surface area contributed by atoms with E-state index in [4.69, 9.17) is 4.74 Å². The number of nitrogens with zero attached hydrogens (tertiary/aromatic N) is 1. The first-order valence-electron chi connectivity index (χ1n) is 10.2. The zero-order chi connectivity index (χ0) is 19.2. The van der Waals surface area contributed by atoms with Crippen LogP contribution in [0.5, 0.6) is 0 Å². The lowest BCUT2D eigenvalue weighted by Gasteiger charge is -2.34. The molecular formula is C22H32N2O2S. The third-order valence-electron chi connectivity index (χ3n) is 5.41. The number of likely N-dealkylation sites (tertiary alicyclic amines) is 1. The highest BCUT2D eigenvalue weighted by atomic mass is 32.1. The molecule has 27 heavy (non-hydrogen) atoms. The van der Waals surface area contributed by atoms with Crippen molar-refractivity contribution in [2.75, 3.05) is 31.6 Å². The molecule has 0 spiro atoms. The van der Waals surface area contributed by atoms with Crippen LogP contribution in [0.4, 0.5) is 5.69 Å². The molecule has 2 heterocycles. The maximum absolute atomic E-state index is 12.1. The number of thiophene rings is 1. The lowest BCUT2D eigenvalue weighted by atomic mass is 9.88. The summed E-state index contributed by atoms with van der Waals surface area (Å²) in [6, 6.07) is 6.93. The first-order chi connectivity index (χ1) is 13.1. The summed E-state index contributed by atoms with van der Waals surface area (Å²) in [5, 5.41) is 6.66. The Morgan fingerprint density at radius 1 is 1.30 bits per heavy atom. The molecule has 0 atom stereocenters. The molecular weight excluding hydrogens is 356 g/mol. The van der Waals surface area contributed by atoms with E-state index in [2.05, 4.69) is 48.5 Å². The van der Waals surface area contributed by atoms with Crippen molar-refractivity contribution in [3.05, 3.63) is 29.1 Å². The quantitative estimate of drug-likeness (QED) is 0.629. The van der Waals surface area contributed by atoms with Crippen LogP contribution in [0.2, 0.25) is 0 Å². The number of piperidine rings is 1. The van der Waals surface area contributed by atoms with Crippen molar-refractivity contribution < 1.29 is 9.53 Å². The van der Waals surface area contributed by atoms with E-state index in [9.17, 15) is 4.79 Å². The highest BCUT2D eigenvalue weighted by Crippen LogP contribution is 2.38. The van der Waals surface area contributed by atoms with Crippen LogP contribution in [0.3, 0.4) is 0 Å². The molecule has 1 N–H and O–H groups in total. The largest absolute Gasteiger partial charge is 0.381 e. The molecule has 5 heteroatoms. The number of fused-ring (bicyclic) bond motifs is 1. The molecule has 148 valence electrons. The Hall–Kier alpha value is -1.43. The van der Waals surface area contributed by atoms with Crippen LogP contribution >= 0.6 is 11.3 Å². The van der Waals surface area contributed by atoms with Gasteiger partial charge in [0.15, 0.2) is 0 Å². The van der Waals surface area contributed by atoms with Crippen LogP contribution in [-0.4, -0.2) is 43.2 Å². The lowest BCUT2D eigenvalue weighted by molar-refractivity contribution is -0.117. The maximum atomic E-state index is 12.1. The van der Waals surface area contributed by atoms with Crippen molar-refractivity contribution in [2.45, 2.75) is 58.4 Å². The molecule has 1 aromatic heterocycles. The minimum atomic E-state index is 0.0208. The molecule has 0 aliphatic carbocycles. The summed E-state index contributed by atoms with van der Waals surface area (Å²) in [5.41, 5.74) is 2.35. The van der Waals surface area contributed by atoms with E-state index in [-0.39, 0.29) is 5.91 Å². The number of carbonyl (C=O) groups is 1. The second-order valence-corrected chi connectivity index (χ2v) is 8.63. The van der Waals surface area contributed by atoms with Gasteiger partial charge in [-0.3, -0.25) is 4.79 Å². The Kier molecular flexibility index (Phi) is 7.27. The van der Waals surface area contributed by atoms with E-state index in [0.29, 0.717) is 31.6 Å². The fourth-order valence-corrected chi connectivity index (χ4v) is 4.83. The lowest BCUT2D eigenvalue weighted by Crippen LogP contribution is -2.37. The van der Waals surface area contributed by atoms with Crippen molar-refractivity contribution >= 4 is 33.0 Å². The first-order valence-corrected chi connectivity index (χ1v) is 11.1. The third kappa shape index (κ3) is 5.31. The van der Waals surface area contributed by atoms with Crippen LogP contribution < -0.4 is 5.32 Å². The number of hydrogen-bond acceptors (Lipinski definition) is 4. The summed E-state index contributed by atoms with van der Waals surface area (Å²) in [7, 11) is 0. The van der Waals surface area contributed by atoms with Crippen LogP contribution in [0.15, 0.2) is 23.6 Å². The molecule has 0 radical (unpaired) electrons. The number of rotatable bonds is 8. The molecule has 1 saturated heterocycles. The topological polar surface area (TPSA) is 41.6 Å². The molecule has 1 fully saturated rings. The van der Waals surface area contributed by atoms with Crippen molar-refractivity contribution in [3.63, 3.8) is 0 Å². The predicted octanol–water partition coefficient (Wildman–Crippen LogP) is 5.24. The Morgan fingerprint density at radius 2 is 2.07 bits per heavy atom. The summed E-state index contributed by atoms with van der Waals surface area (Å²) in [6.07, 6.45) is 3.82. The zero-order valence-electron chi connectivity index (χ0n) is 16.8. The van der Waals surface area contributed by atoms with Gasteiger partial charge in [0, 0.05) is 23.0 Å². The van der Waals surface area contributed by atoms with Gasteiger partial charge in [-0.2, -0.15) is 0 Å². The summed E-state index contributed by atoms with van der Waals surface area (Å²) in [6.45, 7) is 10.2. The van der Waals surface area contributed by atoms with Gasteiger partial charge in [-0.25, -0.2) is 0 Å². The van der Waals surface area contributed by atoms with E-state index in [1.54, 1.807) is 0 Å². The Balaban J connectivity index is 1.65. The van der Waals surface area contributed by atoms with Crippen LogP contribution in [0.25, 0.3) is 10.1 Å². The second-order valence-electron chi connectivity index (χ2n) is 7.72. The molecule has 1 aliphatic rings. The van der Waals surface area contributed by atoms with Gasteiger partial charge in [-0.1, -0.05) is 6.92 Å². The SMILES string of the molecule is CCCOCCC(=O)Nc1ccc2scc(C3CCN(C(C)C)CC3)c2c1. The normalized spacial score (nSPS) is 16.3. The van der Waals surface area contributed by atoms with Gasteiger partial charge in [0.1, 0.15) is 0 Å². The fraction of sp³-hybridized carbons (Fsp3) is 0.591. The summed E-state index contributed by atoms with van der Waals surface area (Å²) < 4.78 is 6.72. The molecule has 1 amide bonds. The van der Waals surface area contributed by atoms with E-state index in [1.807, 2.05) is 17.4 Å². The third-order valence-corrected chi connectivity index (χ3v) is 6.39. The van der Waals surface area contributed by atoms with E-state index in [0.717, 1.165) is 12.1 Å². The van der Waals surface area contributed by atoms with E-state index >= 15 is 0 Å². The van der Waals surface area contributed by atoms with Crippen LogP contribution in [0.1, 0.15) is 57.9 Å². The Labute approximate surface area is 166 Å². The van der Waals surface area contributed by atoms with Gasteiger partial charge >= 0.3 is 0 Å². The van der Waals surface area contributed by atoms with Gasteiger partial charge in [0.25, 0.3) is 0 Å². The van der Waals surface area contributed by atoms with Crippen LogP contribution in [-0.2, 0) is 9.53 Å². The molecule has 2 aromatic rings. The summed E-state index contributed by atoms with van der Waals surface area (Å²) in [4.78, 5) is 14.7. The number of amides is 1.